The van der Waals surface area contributed by atoms with Crippen molar-refractivity contribution in [3.05, 3.63) is 149 Å². The third-order valence-corrected chi connectivity index (χ3v) is 17.8. The van der Waals surface area contributed by atoms with E-state index in [0.717, 1.165) is 0 Å². The molecule has 0 saturated carbocycles. The van der Waals surface area contributed by atoms with E-state index in [1.807, 2.05) is 0 Å². The van der Waals surface area contributed by atoms with Crippen LogP contribution in [0.2, 0.25) is 0 Å². The third kappa shape index (κ3) is 17.6. The molecule has 1 fully saturated rings. The average molecular weight is 1310 g/mol. The summed E-state index contributed by atoms with van der Waals surface area (Å²) < 4.78 is 35.1. The number of aromatic nitrogens is 2. The number of Topliss-reactive ketones (excluding diaryl/α,β-unsaturated/α-hetero) is 2. The maximum absolute atomic E-state index is 15.3. The zero-order valence-corrected chi connectivity index (χ0v) is 52.8. The van der Waals surface area contributed by atoms with Crippen LogP contribution in [0.1, 0.15) is 111 Å². The second kappa shape index (κ2) is 31.0. The van der Waals surface area contributed by atoms with E-state index < -0.39 is 143 Å². The number of aliphatic imine (C=N–C) groups is 1. The minimum atomic E-state index is -1.85. The molecule has 6 heterocycles. The van der Waals surface area contributed by atoms with Crippen molar-refractivity contribution in [3.63, 3.8) is 0 Å². The second-order valence-corrected chi connectivity index (χ2v) is 24.7. The number of aliphatic carboxylic acids is 1. The van der Waals surface area contributed by atoms with E-state index in [-0.39, 0.29) is 76.4 Å². The van der Waals surface area contributed by atoms with E-state index in [1.165, 1.54) is 93.0 Å². The fourth-order valence-electron chi connectivity index (χ4n) is 12.4. The van der Waals surface area contributed by atoms with E-state index in [1.54, 1.807) is 42.6 Å². The van der Waals surface area contributed by atoms with Crippen molar-refractivity contribution in [2.75, 3.05) is 20.2 Å². The van der Waals surface area contributed by atoms with Crippen molar-refractivity contribution in [2.45, 2.75) is 139 Å². The van der Waals surface area contributed by atoms with Crippen LogP contribution >= 0.6 is 0 Å². The Bertz CT molecular complexity index is 3980. The number of amides is 8. The lowest BCUT2D eigenvalue weighted by Crippen LogP contribution is -2.62. The zero-order valence-electron chi connectivity index (χ0n) is 52.8. The SMILES string of the molecule is COc1ccc(C[C@@H]2NC(=O)[C@H](CC3=CN=CC3)CC(=O)[C@H](CC(=O)O)NC(=O)[C@H](Cc3c[nH]c4ccc(F)cc34)CC(=O)[C@H](Cc3c[nH]c4ccc(F)cc34)NC(=O)[C@@H](C)NC(=O)CCCCNC(=O)c3ccc(cc3)C[C@@H](C(N)=O)NC(=O)[C@]3(C)CCCN3C2=O)cc1. The molecule has 0 unspecified atom stereocenters. The highest BCUT2D eigenvalue weighted by Gasteiger charge is 2.49. The van der Waals surface area contributed by atoms with Crippen LogP contribution in [-0.4, -0.2) is 147 Å². The van der Waals surface area contributed by atoms with Crippen LogP contribution in [0.5, 0.6) is 5.75 Å². The van der Waals surface area contributed by atoms with Gasteiger partial charge in [-0.15, -0.1) is 0 Å². The van der Waals surface area contributed by atoms with Gasteiger partial charge in [0.15, 0.2) is 11.6 Å². The number of fused-ring (bicyclic) bond motifs is 31. The molecule has 0 aliphatic carbocycles. The molecule has 6 aromatic rings. The van der Waals surface area contributed by atoms with Crippen molar-refractivity contribution >= 4 is 92.8 Å². The number of halogens is 2. The van der Waals surface area contributed by atoms with Gasteiger partial charge in [-0.2, -0.15) is 0 Å². The number of carboxylic acid groups (broad SMARTS) is 1. The highest BCUT2D eigenvalue weighted by atomic mass is 19.1. The Morgan fingerprint density at radius 3 is 1.92 bits per heavy atom. The van der Waals surface area contributed by atoms with Crippen molar-refractivity contribution in [3.8, 4) is 5.75 Å². The number of carbonyl (C=O) groups excluding carboxylic acids is 10. The molecule has 0 spiro atoms. The van der Waals surface area contributed by atoms with Crippen LogP contribution < -0.4 is 42.4 Å². The molecule has 4 aliphatic rings. The Morgan fingerprint density at radius 2 is 1.31 bits per heavy atom. The molecule has 4 aromatic carbocycles. The van der Waals surface area contributed by atoms with Crippen LogP contribution in [-0.2, 0) is 73.6 Å². The predicted molar refractivity (Wildman–Crippen MR) is 345 cm³/mol. The van der Waals surface area contributed by atoms with Crippen LogP contribution in [0.4, 0.5) is 8.78 Å². The summed E-state index contributed by atoms with van der Waals surface area (Å²) in [6, 6.07) is 13.5. The summed E-state index contributed by atoms with van der Waals surface area (Å²) in [5, 5.41) is 27.4. The molecule has 500 valence electrons. The van der Waals surface area contributed by atoms with Gasteiger partial charge < -0.3 is 62.3 Å². The first kappa shape index (κ1) is 69.0. The zero-order chi connectivity index (χ0) is 68.1. The quantitative estimate of drug-likeness (QED) is 0.0788. The lowest BCUT2D eigenvalue weighted by molar-refractivity contribution is -0.147. The fraction of sp³-hybridized carbons (Fsp3) is 0.391. The van der Waals surface area contributed by atoms with Crippen molar-refractivity contribution in [1.29, 1.82) is 0 Å². The van der Waals surface area contributed by atoms with E-state index in [0.29, 0.717) is 68.2 Å². The van der Waals surface area contributed by atoms with Crippen LogP contribution in [0.25, 0.3) is 21.8 Å². The molecule has 26 heteroatoms. The minimum Gasteiger partial charge on any atom is -0.497 e. The molecule has 8 atom stereocenters. The molecule has 10 rings (SSSR count). The van der Waals surface area contributed by atoms with Gasteiger partial charge in [0.25, 0.3) is 5.91 Å². The van der Waals surface area contributed by atoms with Gasteiger partial charge in [-0.05, 0) is 141 Å². The molecule has 0 radical (unpaired) electrons. The number of ether oxygens (including phenoxy) is 1. The number of rotatable bonds is 12. The van der Waals surface area contributed by atoms with Gasteiger partial charge in [0, 0.05) is 122 Å². The van der Waals surface area contributed by atoms with E-state index in [9.17, 15) is 47.4 Å². The maximum atomic E-state index is 15.3. The lowest BCUT2D eigenvalue weighted by Gasteiger charge is -2.37. The van der Waals surface area contributed by atoms with Crippen molar-refractivity contribution in [1.82, 2.24) is 46.8 Å². The summed E-state index contributed by atoms with van der Waals surface area (Å²) in [7, 11) is 1.47. The molecule has 4 aliphatic heterocycles. The van der Waals surface area contributed by atoms with E-state index in [4.69, 9.17) is 10.5 Å². The summed E-state index contributed by atoms with van der Waals surface area (Å²) in [5.74, 6) is -12.7. The molecule has 2 bridgehead atoms. The normalized spacial score (nSPS) is 23.8. The monoisotopic (exact) mass is 1310 g/mol. The number of allylic oxidation sites excluding steroid dienone is 1. The fourth-order valence-corrected chi connectivity index (χ4v) is 12.4. The van der Waals surface area contributed by atoms with Gasteiger partial charge in [0.1, 0.15) is 41.0 Å². The van der Waals surface area contributed by atoms with Gasteiger partial charge in [0.2, 0.25) is 41.4 Å². The largest absolute Gasteiger partial charge is 0.497 e. The number of hydrogen-bond acceptors (Lipinski definition) is 13. The Balaban J connectivity index is 1.07. The number of nitrogens with two attached hydrogens (primary N) is 1. The van der Waals surface area contributed by atoms with Crippen LogP contribution in [0.3, 0.4) is 0 Å². The standard InChI is InChI=1S/C69H77F2N11O13/c1-38-63(89)78-54(29-46-37-76-53-19-15-48(71)33-51(46)53)58(83)31-44(28-45-36-75-52-18-14-47(70)32-50(45)52)66(92)79-55(34-61(86)87)59(84)30-43(25-41-20-23-73-35-41)65(91)80-57(27-40-10-16-49(95-3)17-11-40)67(93)82-24-6-21-69(82,2)68(94)81-56(62(72)88)26-39-8-12-42(13-9-39)64(90)74-22-5-4-7-60(85)77-38/h8-19,23,32-33,35-38,43-44,54-57,75-76H,4-7,20-22,24-31,34H2,1-3H3,(H2,72,88)(H,74,90)(H,77,85)(H,78,89)(H,79,92)(H,80,91)(H,81,94)(H,86,87)/t38-,43-,44-,54+,55+,56+,57+,69+/m1/s1. The Kier molecular flexibility index (Phi) is 22.5. The maximum Gasteiger partial charge on any atom is 0.305 e. The number of nitrogens with zero attached hydrogens (tertiary/aromatic N) is 2. The van der Waals surface area contributed by atoms with Gasteiger partial charge in [0.05, 0.1) is 25.6 Å². The highest BCUT2D eigenvalue weighted by Crippen LogP contribution is 2.33. The smallest absolute Gasteiger partial charge is 0.305 e. The van der Waals surface area contributed by atoms with Gasteiger partial charge >= 0.3 is 5.97 Å². The van der Waals surface area contributed by atoms with Gasteiger partial charge in [-0.25, -0.2) is 8.78 Å². The van der Waals surface area contributed by atoms with Crippen molar-refractivity contribution in [2.24, 2.45) is 22.6 Å². The number of methoxy groups -OCH3 is 1. The minimum absolute atomic E-state index is 0.0458. The number of carboxylic acids is 1. The van der Waals surface area contributed by atoms with Crippen LogP contribution in [0, 0.1) is 23.5 Å². The average Bonchev–Trinajstić information content (AvgIpc) is 1.70. The molecular weight excluding hydrogens is 1230 g/mol. The topological polar surface area (TPSA) is 363 Å². The molecule has 11 N–H and O–H groups in total. The number of H-pyrrole nitrogens is 2. The lowest BCUT2D eigenvalue weighted by atomic mass is 9.87. The first-order chi connectivity index (χ1) is 45.4. The van der Waals surface area contributed by atoms with Crippen LogP contribution in [0.15, 0.2) is 114 Å². The number of hydrogen-bond donors (Lipinski definition) is 10. The summed E-state index contributed by atoms with van der Waals surface area (Å²) in [6.07, 6.45) is 4.06. The first-order valence-corrected chi connectivity index (χ1v) is 31.5. The first-order valence-electron chi connectivity index (χ1n) is 31.5. The molecule has 2 aromatic heterocycles. The Labute approximate surface area is 545 Å². The number of primary amides is 1. The van der Waals surface area contributed by atoms with E-state index in [2.05, 4.69) is 46.9 Å². The Morgan fingerprint density at radius 1 is 0.695 bits per heavy atom. The summed E-state index contributed by atoms with van der Waals surface area (Å²) in [6.45, 7) is 3.14. The second-order valence-electron chi connectivity index (χ2n) is 24.7. The molecule has 24 nitrogen and oxygen atoms in total. The van der Waals surface area contributed by atoms with Gasteiger partial charge in [-0.3, -0.25) is 57.7 Å². The number of aromatic amines is 2. The summed E-state index contributed by atoms with van der Waals surface area (Å²) in [5.41, 5.74) is 7.92. The molecule has 95 heavy (non-hydrogen) atoms. The number of benzene rings is 4. The summed E-state index contributed by atoms with van der Waals surface area (Å²) in [4.78, 5) is 168. The van der Waals surface area contributed by atoms with Gasteiger partial charge in [-0.1, -0.05) is 24.3 Å². The number of nitrogens with one attached hydrogen (secondary N) is 8. The van der Waals surface area contributed by atoms with Crippen molar-refractivity contribution < 1.29 is 71.4 Å². The molecule has 8 amide bonds. The molecular formula is C69H77F2N11O13. The third-order valence-electron chi connectivity index (χ3n) is 17.8. The highest BCUT2D eigenvalue weighted by molar-refractivity contribution is 6.01. The molecule has 1 saturated heterocycles. The summed E-state index contributed by atoms with van der Waals surface area (Å²) >= 11 is 0. The number of ketones is 2. The van der Waals surface area contributed by atoms with E-state index >= 15 is 19.2 Å². The predicted octanol–water partition coefficient (Wildman–Crippen LogP) is 4.80. The number of carbonyl (C=O) groups is 11. The Hall–Kier alpha value is -10.4.